The Labute approximate surface area is 146 Å². The highest BCUT2D eigenvalue weighted by Crippen LogP contribution is 2.30. The third-order valence-electron chi connectivity index (χ3n) is 4.94. The van der Waals surface area contributed by atoms with Gasteiger partial charge in [-0.25, -0.2) is 0 Å². The topological polar surface area (TPSA) is 95.9 Å². The predicted molar refractivity (Wildman–Crippen MR) is 90.7 cm³/mol. The van der Waals surface area contributed by atoms with Gasteiger partial charge in [0.25, 0.3) is 5.91 Å². The van der Waals surface area contributed by atoms with Crippen molar-refractivity contribution >= 4 is 23.5 Å². The Morgan fingerprint density at radius 1 is 1.28 bits per heavy atom. The van der Waals surface area contributed by atoms with E-state index in [-0.39, 0.29) is 18.2 Å². The van der Waals surface area contributed by atoms with Gasteiger partial charge >= 0.3 is 5.97 Å². The number of hydrogen-bond acceptors (Lipinski definition) is 4. The number of nitrogens with one attached hydrogen (secondary N) is 1. The van der Waals surface area contributed by atoms with Crippen LogP contribution in [0.3, 0.4) is 0 Å². The molecule has 0 aliphatic carbocycles. The number of carboxylic acid groups (broad SMARTS) is 1. The van der Waals surface area contributed by atoms with Crippen LogP contribution < -0.4 is 10.2 Å². The normalized spacial score (nSPS) is 18.5. The minimum atomic E-state index is -0.937. The van der Waals surface area contributed by atoms with E-state index in [1.165, 1.54) is 6.92 Å². The second-order valence-corrected chi connectivity index (χ2v) is 6.68. The van der Waals surface area contributed by atoms with Crippen molar-refractivity contribution in [2.45, 2.75) is 38.1 Å². The largest absolute Gasteiger partial charge is 0.481 e. The molecule has 1 saturated heterocycles. The standard InChI is InChI=1S/C18H22N2O5/c1-12(21)20-7-4-13-10-14(2-3-15(13)20)17(24)19-18(11-16(22)23)5-8-25-9-6-18/h2-3,10H,4-9,11H2,1H3,(H,19,24)(H,22,23). The molecular weight excluding hydrogens is 324 g/mol. The van der Waals surface area contributed by atoms with Gasteiger partial charge in [-0.05, 0) is 43.0 Å². The summed E-state index contributed by atoms with van der Waals surface area (Å²) < 4.78 is 5.31. The van der Waals surface area contributed by atoms with Crippen LogP contribution in [0.15, 0.2) is 18.2 Å². The minimum Gasteiger partial charge on any atom is -0.481 e. The van der Waals surface area contributed by atoms with Crippen molar-refractivity contribution in [3.63, 3.8) is 0 Å². The molecule has 0 bridgehead atoms. The predicted octanol–water partition coefficient (Wildman–Crippen LogP) is 1.35. The fraction of sp³-hybridized carbons (Fsp3) is 0.500. The fourth-order valence-corrected chi connectivity index (χ4v) is 3.58. The van der Waals surface area contributed by atoms with E-state index in [0.29, 0.717) is 44.6 Å². The van der Waals surface area contributed by atoms with Crippen LogP contribution >= 0.6 is 0 Å². The van der Waals surface area contributed by atoms with E-state index >= 15 is 0 Å². The van der Waals surface area contributed by atoms with Crippen LogP contribution in [-0.2, 0) is 20.7 Å². The summed E-state index contributed by atoms with van der Waals surface area (Å²) in [6.07, 6.45) is 1.55. The number of rotatable bonds is 4. The van der Waals surface area contributed by atoms with Gasteiger partial charge in [0, 0.05) is 37.9 Å². The zero-order chi connectivity index (χ0) is 18.0. The number of carbonyl (C=O) groups excluding carboxylic acids is 2. The number of anilines is 1. The first-order valence-electron chi connectivity index (χ1n) is 8.43. The SMILES string of the molecule is CC(=O)N1CCc2cc(C(=O)NC3(CC(=O)O)CCOCC3)ccc21. The molecule has 2 amide bonds. The summed E-state index contributed by atoms with van der Waals surface area (Å²) in [5.41, 5.74) is 1.52. The number of carboxylic acids is 1. The van der Waals surface area contributed by atoms with E-state index in [2.05, 4.69) is 5.32 Å². The van der Waals surface area contributed by atoms with Gasteiger partial charge in [0.05, 0.1) is 12.0 Å². The first kappa shape index (κ1) is 17.4. The summed E-state index contributed by atoms with van der Waals surface area (Å²) in [5, 5.41) is 12.1. The third kappa shape index (κ3) is 3.66. The van der Waals surface area contributed by atoms with E-state index in [4.69, 9.17) is 4.74 Å². The van der Waals surface area contributed by atoms with E-state index in [9.17, 15) is 19.5 Å². The lowest BCUT2D eigenvalue weighted by molar-refractivity contribution is -0.139. The van der Waals surface area contributed by atoms with Crippen LogP contribution in [0.25, 0.3) is 0 Å². The average molecular weight is 346 g/mol. The molecule has 0 atom stereocenters. The Balaban J connectivity index is 1.79. The number of carbonyl (C=O) groups is 3. The monoisotopic (exact) mass is 346 g/mol. The molecule has 3 rings (SSSR count). The maximum Gasteiger partial charge on any atom is 0.305 e. The lowest BCUT2D eigenvalue weighted by Crippen LogP contribution is -2.53. The molecule has 134 valence electrons. The van der Waals surface area contributed by atoms with Crippen LogP contribution in [0.2, 0.25) is 0 Å². The number of ether oxygens (including phenoxy) is 1. The first-order chi connectivity index (χ1) is 11.9. The molecule has 0 unspecified atom stereocenters. The molecule has 0 radical (unpaired) electrons. The summed E-state index contributed by atoms with van der Waals surface area (Å²) in [6, 6.07) is 5.26. The van der Waals surface area contributed by atoms with Crippen molar-refractivity contribution in [1.82, 2.24) is 5.32 Å². The zero-order valence-electron chi connectivity index (χ0n) is 14.2. The van der Waals surface area contributed by atoms with Crippen LogP contribution in [0.1, 0.15) is 42.1 Å². The zero-order valence-corrected chi connectivity index (χ0v) is 14.2. The van der Waals surface area contributed by atoms with Crippen LogP contribution in [0.5, 0.6) is 0 Å². The quantitative estimate of drug-likeness (QED) is 0.858. The maximum atomic E-state index is 12.7. The summed E-state index contributed by atoms with van der Waals surface area (Å²) >= 11 is 0. The van der Waals surface area contributed by atoms with Crippen LogP contribution in [0.4, 0.5) is 5.69 Å². The molecule has 25 heavy (non-hydrogen) atoms. The number of aliphatic carboxylic acids is 1. The van der Waals surface area contributed by atoms with Crippen molar-refractivity contribution < 1.29 is 24.2 Å². The Morgan fingerprint density at radius 2 is 2.00 bits per heavy atom. The fourth-order valence-electron chi connectivity index (χ4n) is 3.58. The summed E-state index contributed by atoms with van der Waals surface area (Å²) in [7, 11) is 0. The van der Waals surface area contributed by atoms with Gasteiger partial charge in [-0.15, -0.1) is 0 Å². The van der Waals surface area contributed by atoms with Crippen molar-refractivity contribution in [2.24, 2.45) is 0 Å². The van der Waals surface area contributed by atoms with Gasteiger partial charge in [-0.2, -0.15) is 0 Å². The van der Waals surface area contributed by atoms with Crippen molar-refractivity contribution in [3.8, 4) is 0 Å². The molecule has 7 heteroatoms. The highest BCUT2D eigenvalue weighted by Gasteiger charge is 2.37. The van der Waals surface area contributed by atoms with Gasteiger partial charge < -0.3 is 20.1 Å². The number of hydrogen-bond donors (Lipinski definition) is 2. The van der Waals surface area contributed by atoms with Gasteiger partial charge in [0.1, 0.15) is 0 Å². The summed E-state index contributed by atoms with van der Waals surface area (Å²) in [6.45, 7) is 3.02. The smallest absolute Gasteiger partial charge is 0.305 e. The second-order valence-electron chi connectivity index (χ2n) is 6.68. The van der Waals surface area contributed by atoms with Gasteiger partial charge in [0.2, 0.25) is 5.91 Å². The Kier molecular flexibility index (Phi) is 4.76. The highest BCUT2D eigenvalue weighted by molar-refractivity contribution is 5.98. The molecule has 1 fully saturated rings. The molecule has 0 saturated carbocycles. The molecule has 2 aliphatic rings. The van der Waals surface area contributed by atoms with E-state index < -0.39 is 11.5 Å². The number of nitrogens with zero attached hydrogens (tertiary/aromatic N) is 1. The molecule has 7 nitrogen and oxygen atoms in total. The van der Waals surface area contributed by atoms with E-state index in [1.54, 1.807) is 23.1 Å². The summed E-state index contributed by atoms with van der Waals surface area (Å²) in [4.78, 5) is 37.2. The van der Waals surface area contributed by atoms with E-state index in [0.717, 1.165) is 11.3 Å². The Hall–Kier alpha value is -2.41. The Bertz CT molecular complexity index is 709. The third-order valence-corrected chi connectivity index (χ3v) is 4.94. The molecule has 2 aliphatic heterocycles. The lowest BCUT2D eigenvalue weighted by atomic mass is 9.86. The summed E-state index contributed by atoms with van der Waals surface area (Å²) in [5.74, 6) is -1.24. The minimum absolute atomic E-state index is 0.0152. The van der Waals surface area contributed by atoms with Crippen molar-refractivity contribution in [1.29, 1.82) is 0 Å². The highest BCUT2D eigenvalue weighted by atomic mass is 16.5. The number of amides is 2. The van der Waals surface area contributed by atoms with Crippen molar-refractivity contribution in [3.05, 3.63) is 29.3 Å². The van der Waals surface area contributed by atoms with E-state index in [1.807, 2.05) is 0 Å². The Morgan fingerprint density at radius 3 is 2.64 bits per heavy atom. The van der Waals surface area contributed by atoms with Gasteiger partial charge in [-0.3, -0.25) is 14.4 Å². The molecule has 0 aromatic heterocycles. The van der Waals surface area contributed by atoms with Gasteiger partial charge in [0.15, 0.2) is 0 Å². The lowest BCUT2D eigenvalue weighted by Gasteiger charge is -2.36. The number of benzene rings is 1. The second kappa shape index (κ2) is 6.84. The van der Waals surface area contributed by atoms with Crippen LogP contribution in [-0.4, -0.2) is 48.2 Å². The molecule has 2 heterocycles. The maximum absolute atomic E-state index is 12.7. The molecular formula is C18H22N2O5. The first-order valence-corrected chi connectivity index (χ1v) is 8.43. The molecule has 0 spiro atoms. The van der Waals surface area contributed by atoms with Crippen molar-refractivity contribution in [2.75, 3.05) is 24.7 Å². The molecule has 1 aromatic carbocycles. The molecule has 1 aromatic rings. The average Bonchev–Trinajstić information content (AvgIpc) is 2.98. The van der Waals surface area contributed by atoms with Crippen LogP contribution in [0, 0.1) is 0 Å². The van der Waals surface area contributed by atoms with Gasteiger partial charge in [-0.1, -0.05) is 0 Å². The number of fused-ring (bicyclic) bond motifs is 1. The molecule has 2 N–H and O–H groups in total.